The predicted molar refractivity (Wildman–Crippen MR) is 68.6 cm³/mol. The molecule has 2 unspecified atom stereocenters. The average Bonchev–Trinajstić information content (AvgIpc) is 2.26. The first-order valence-corrected chi connectivity index (χ1v) is 6.34. The van der Waals surface area contributed by atoms with E-state index in [9.17, 15) is 4.79 Å². The van der Waals surface area contributed by atoms with E-state index in [0.717, 1.165) is 13.0 Å². The third-order valence-corrected chi connectivity index (χ3v) is 3.70. The van der Waals surface area contributed by atoms with E-state index in [-0.39, 0.29) is 17.4 Å². The lowest BCUT2D eigenvalue weighted by atomic mass is 9.85. The Balaban J connectivity index is 2.65. The Kier molecular flexibility index (Phi) is 4.55. The predicted octanol–water partition coefficient (Wildman–Crippen LogP) is 1.24. The van der Waals surface area contributed by atoms with Crippen molar-refractivity contribution in [1.29, 1.82) is 0 Å². The Morgan fingerprint density at radius 2 is 2.06 bits per heavy atom. The number of hydrogen-bond donors (Lipinski definition) is 1. The summed E-state index contributed by atoms with van der Waals surface area (Å²) in [5, 5.41) is 0. The van der Waals surface area contributed by atoms with E-state index in [4.69, 9.17) is 10.5 Å². The summed E-state index contributed by atoms with van der Waals surface area (Å²) in [6, 6.07) is -0.437. The molecule has 100 valence electrons. The van der Waals surface area contributed by atoms with Crippen molar-refractivity contribution >= 4 is 5.91 Å². The molecule has 1 fully saturated rings. The second-order valence-electron chi connectivity index (χ2n) is 6.17. The fraction of sp³-hybridized carbons (Fsp3) is 0.923. The molecule has 3 atom stereocenters. The highest BCUT2D eigenvalue weighted by Gasteiger charge is 2.35. The molecule has 1 aliphatic rings. The lowest BCUT2D eigenvalue weighted by Gasteiger charge is -2.39. The molecule has 0 radical (unpaired) electrons. The summed E-state index contributed by atoms with van der Waals surface area (Å²) in [4.78, 5) is 14.1. The average molecular weight is 242 g/mol. The zero-order valence-electron chi connectivity index (χ0n) is 11.7. The van der Waals surface area contributed by atoms with Crippen molar-refractivity contribution in [3.63, 3.8) is 0 Å². The summed E-state index contributed by atoms with van der Waals surface area (Å²) in [6.07, 6.45) is 1.13. The minimum absolute atomic E-state index is 0.0476. The van der Waals surface area contributed by atoms with Crippen molar-refractivity contribution in [1.82, 2.24) is 4.90 Å². The maximum Gasteiger partial charge on any atom is 0.240 e. The summed E-state index contributed by atoms with van der Waals surface area (Å²) < 4.78 is 5.41. The quantitative estimate of drug-likeness (QED) is 0.792. The molecule has 1 aliphatic heterocycles. The van der Waals surface area contributed by atoms with Gasteiger partial charge in [0.15, 0.2) is 0 Å². The molecule has 4 heteroatoms. The van der Waals surface area contributed by atoms with Gasteiger partial charge in [0.1, 0.15) is 0 Å². The highest BCUT2D eigenvalue weighted by atomic mass is 16.5. The van der Waals surface area contributed by atoms with Crippen molar-refractivity contribution in [3.8, 4) is 0 Å². The van der Waals surface area contributed by atoms with Gasteiger partial charge in [-0.1, -0.05) is 27.7 Å². The minimum Gasteiger partial charge on any atom is -0.379 e. The zero-order valence-corrected chi connectivity index (χ0v) is 11.7. The van der Waals surface area contributed by atoms with Crippen LogP contribution in [0.4, 0.5) is 0 Å². The van der Waals surface area contributed by atoms with Gasteiger partial charge in [-0.15, -0.1) is 0 Å². The van der Waals surface area contributed by atoms with Crippen molar-refractivity contribution in [2.24, 2.45) is 17.1 Å². The van der Waals surface area contributed by atoms with Crippen LogP contribution in [-0.4, -0.2) is 43.2 Å². The number of carbonyl (C=O) groups is 1. The number of nitrogens with zero attached hydrogens (tertiary/aromatic N) is 1. The summed E-state index contributed by atoms with van der Waals surface area (Å²) in [6.45, 7) is 9.62. The molecule has 0 aromatic heterocycles. The van der Waals surface area contributed by atoms with Crippen LogP contribution in [0.1, 0.15) is 34.1 Å². The van der Waals surface area contributed by atoms with Gasteiger partial charge in [0.05, 0.1) is 12.1 Å². The molecule has 0 aromatic carbocycles. The fourth-order valence-electron chi connectivity index (χ4n) is 2.11. The Morgan fingerprint density at radius 3 is 2.53 bits per heavy atom. The number of rotatable bonds is 2. The summed E-state index contributed by atoms with van der Waals surface area (Å²) in [5.41, 5.74) is 5.82. The molecule has 0 spiro atoms. The van der Waals surface area contributed by atoms with Crippen LogP contribution in [0.3, 0.4) is 0 Å². The summed E-state index contributed by atoms with van der Waals surface area (Å²) in [5.74, 6) is 0.557. The number of piperidine rings is 1. The maximum atomic E-state index is 12.3. The molecule has 0 aromatic rings. The molecule has 17 heavy (non-hydrogen) atoms. The van der Waals surface area contributed by atoms with Crippen LogP contribution in [0.25, 0.3) is 0 Å². The van der Waals surface area contributed by atoms with Crippen LogP contribution in [-0.2, 0) is 9.53 Å². The third kappa shape index (κ3) is 3.42. The van der Waals surface area contributed by atoms with Crippen LogP contribution >= 0.6 is 0 Å². The standard InChI is InChI=1S/C13H26N2O2/c1-9-6-7-15(8-10(9)17-5)12(16)11(14)13(2,3)4/h9-11H,6-8,14H2,1-5H3/t9?,10?,11-/m0/s1. The molecule has 1 heterocycles. The molecule has 1 rings (SSSR count). The Labute approximate surface area is 104 Å². The fourth-order valence-corrected chi connectivity index (χ4v) is 2.11. The van der Waals surface area contributed by atoms with E-state index in [1.54, 1.807) is 7.11 Å². The van der Waals surface area contributed by atoms with E-state index in [0.29, 0.717) is 12.5 Å². The number of carbonyl (C=O) groups excluding carboxylic acids is 1. The number of likely N-dealkylation sites (tertiary alicyclic amines) is 1. The molecule has 4 nitrogen and oxygen atoms in total. The topological polar surface area (TPSA) is 55.6 Å². The summed E-state index contributed by atoms with van der Waals surface area (Å²) >= 11 is 0. The Hall–Kier alpha value is -0.610. The highest BCUT2D eigenvalue weighted by molar-refractivity contribution is 5.82. The number of ether oxygens (including phenoxy) is 1. The van der Waals surface area contributed by atoms with Crippen molar-refractivity contribution < 1.29 is 9.53 Å². The molecule has 1 amide bonds. The van der Waals surface area contributed by atoms with Gasteiger partial charge in [-0.05, 0) is 17.8 Å². The lowest BCUT2D eigenvalue weighted by molar-refractivity contribution is -0.140. The Morgan fingerprint density at radius 1 is 1.47 bits per heavy atom. The van der Waals surface area contributed by atoms with Gasteiger partial charge in [0, 0.05) is 20.2 Å². The smallest absolute Gasteiger partial charge is 0.240 e. The molecule has 0 bridgehead atoms. The molecule has 2 N–H and O–H groups in total. The number of nitrogens with two attached hydrogens (primary N) is 1. The molecular weight excluding hydrogens is 216 g/mol. The van der Waals surface area contributed by atoms with Gasteiger partial charge in [-0.25, -0.2) is 0 Å². The van der Waals surface area contributed by atoms with Gasteiger partial charge < -0.3 is 15.4 Å². The van der Waals surface area contributed by atoms with E-state index < -0.39 is 6.04 Å². The maximum absolute atomic E-state index is 12.3. The largest absolute Gasteiger partial charge is 0.379 e. The lowest BCUT2D eigenvalue weighted by Crippen LogP contribution is -2.55. The van der Waals surface area contributed by atoms with Gasteiger partial charge in [0.2, 0.25) is 5.91 Å². The number of methoxy groups -OCH3 is 1. The number of hydrogen-bond acceptors (Lipinski definition) is 3. The van der Waals surface area contributed by atoms with E-state index in [1.807, 2.05) is 25.7 Å². The third-order valence-electron chi connectivity index (χ3n) is 3.70. The molecule has 0 aliphatic carbocycles. The van der Waals surface area contributed by atoms with E-state index in [1.165, 1.54) is 0 Å². The van der Waals surface area contributed by atoms with Crippen LogP contribution < -0.4 is 5.73 Å². The minimum atomic E-state index is -0.437. The van der Waals surface area contributed by atoms with Gasteiger partial charge in [0.25, 0.3) is 0 Å². The zero-order chi connectivity index (χ0) is 13.2. The molecular formula is C13H26N2O2. The van der Waals surface area contributed by atoms with Crippen molar-refractivity contribution in [2.75, 3.05) is 20.2 Å². The summed E-state index contributed by atoms with van der Waals surface area (Å²) in [7, 11) is 1.71. The normalized spacial score (nSPS) is 28.0. The number of amides is 1. The van der Waals surface area contributed by atoms with E-state index in [2.05, 4.69) is 6.92 Å². The van der Waals surface area contributed by atoms with Crippen LogP contribution in [0.2, 0.25) is 0 Å². The second-order valence-corrected chi connectivity index (χ2v) is 6.17. The van der Waals surface area contributed by atoms with Crippen molar-refractivity contribution in [3.05, 3.63) is 0 Å². The monoisotopic (exact) mass is 242 g/mol. The van der Waals surface area contributed by atoms with Crippen molar-refractivity contribution in [2.45, 2.75) is 46.3 Å². The van der Waals surface area contributed by atoms with Crippen LogP contribution in [0.15, 0.2) is 0 Å². The van der Waals surface area contributed by atoms with E-state index >= 15 is 0 Å². The molecule has 1 saturated heterocycles. The van der Waals surface area contributed by atoms with Gasteiger partial charge >= 0.3 is 0 Å². The SMILES string of the molecule is COC1CN(C(=O)[C@H](N)C(C)(C)C)CCC1C. The first-order chi connectivity index (χ1) is 7.77. The van der Waals surface area contributed by atoms with Gasteiger partial charge in [-0.2, -0.15) is 0 Å². The first-order valence-electron chi connectivity index (χ1n) is 6.34. The van der Waals surface area contributed by atoms with Crippen LogP contribution in [0.5, 0.6) is 0 Å². The second kappa shape index (κ2) is 5.36. The highest BCUT2D eigenvalue weighted by Crippen LogP contribution is 2.23. The van der Waals surface area contributed by atoms with Gasteiger partial charge in [-0.3, -0.25) is 4.79 Å². The molecule has 0 saturated carbocycles. The first kappa shape index (κ1) is 14.5. The van der Waals surface area contributed by atoms with Crippen LogP contribution in [0, 0.1) is 11.3 Å². The Bertz CT molecular complexity index is 273.